The van der Waals surface area contributed by atoms with Crippen LogP contribution in [0.1, 0.15) is 5.56 Å². The van der Waals surface area contributed by atoms with Crippen LogP contribution in [-0.4, -0.2) is 78.0 Å². The summed E-state index contributed by atoms with van der Waals surface area (Å²) in [5, 5.41) is 6.67. The Balaban J connectivity index is 1.68. The molecule has 2 fully saturated rings. The van der Waals surface area contributed by atoms with Crippen molar-refractivity contribution < 1.29 is 9.59 Å². The van der Waals surface area contributed by atoms with Gasteiger partial charge < -0.3 is 20.0 Å². The first-order valence-corrected chi connectivity index (χ1v) is 9.53. The number of aliphatic imine (C=N–C) groups is 1. The molecule has 3 aliphatic heterocycles. The highest BCUT2D eigenvalue weighted by Crippen LogP contribution is 2.29. The lowest BCUT2D eigenvalue weighted by Crippen LogP contribution is -2.64. The van der Waals surface area contributed by atoms with Gasteiger partial charge in [0.05, 0.1) is 10.0 Å². The summed E-state index contributed by atoms with van der Waals surface area (Å²) in [7, 11) is 1.65. The average molecular weight is 411 g/mol. The van der Waals surface area contributed by atoms with E-state index in [1.807, 2.05) is 11.0 Å². The van der Waals surface area contributed by atoms with Gasteiger partial charge in [0.25, 0.3) is 5.91 Å². The standard InChI is InChI=1S/C17H20Cl2N6O2/c1-23-14-13(15(26)22-17(23)27)25(9-10-2-3-11(18)12(19)8-10)16(21-14)24-6-4-20-5-7-24/h2-3,8,13-14,20H,4-7,9H2,1H3,(H,22,26,27). The monoisotopic (exact) mass is 410 g/mol. The first kappa shape index (κ1) is 18.3. The van der Waals surface area contributed by atoms with E-state index in [9.17, 15) is 9.59 Å². The molecule has 8 nitrogen and oxygen atoms in total. The second-order valence-electron chi connectivity index (χ2n) is 6.81. The van der Waals surface area contributed by atoms with Crippen molar-refractivity contribution >= 4 is 41.1 Å². The fraction of sp³-hybridized carbons (Fsp3) is 0.471. The van der Waals surface area contributed by atoms with Crippen LogP contribution < -0.4 is 10.6 Å². The van der Waals surface area contributed by atoms with Crippen LogP contribution in [0.2, 0.25) is 10.0 Å². The van der Waals surface area contributed by atoms with Gasteiger partial charge in [0, 0.05) is 39.8 Å². The number of piperazine rings is 1. The Morgan fingerprint density at radius 3 is 2.63 bits per heavy atom. The molecule has 3 amide bonds. The molecule has 0 bridgehead atoms. The predicted molar refractivity (Wildman–Crippen MR) is 103 cm³/mol. The molecule has 2 N–H and O–H groups in total. The van der Waals surface area contributed by atoms with Gasteiger partial charge in [0.15, 0.2) is 18.2 Å². The number of nitrogens with one attached hydrogen (secondary N) is 2. The largest absolute Gasteiger partial charge is 0.340 e. The van der Waals surface area contributed by atoms with E-state index in [-0.39, 0.29) is 5.91 Å². The third kappa shape index (κ3) is 3.33. The Labute approximate surface area is 167 Å². The van der Waals surface area contributed by atoms with Crippen molar-refractivity contribution in [2.45, 2.75) is 18.8 Å². The van der Waals surface area contributed by atoms with E-state index in [1.54, 1.807) is 19.2 Å². The highest BCUT2D eigenvalue weighted by Gasteiger charge is 2.49. The number of halogens is 2. The second kappa shape index (κ2) is 7.18. The zero-order valence-electron chi connectivity index (χ0n) is 14.8. The summed E-state index contributed by atoms with van der Waals surface area (Å²) >= 11 is 12.2. The minimum atomic E-state index is -0.577. The van der Waals surface area contributed by atoms with Crippen LogP contribution in [0.15, 0.2) is 23.2 Å². The van der Waals surface area contributed by atoms with Gasteiger partial charge in [0.1, 0.15) is 0 Å². The highest BCUT2D eigenvalue weighted by molar-refractivity contribution is 6.42. The summed E-state index contributed by atoms with van der Waals surface area (Å²) in [5.41, 5.74) is 0.917. The van der Waals surface area contributed by atoms with Crippen LogP contribution in [-0.2, 0) is 11.3 Å². The van der Waals surface area contributed by atoms with Gasteiger partial charge in [-0.05, 0) is 17.7 Å². The number of guanidine groups is 1. The van der Waals surface area contributed by atoms with Gasteiger partial charge in [-0.25, -0.2) is 9.79 Å². The number of likely N-dealkylation sites (N-methyl/N-ethyl adjacent to an activating group) is 1. The van der Waals surface area contributed by atoms with Crippen molar-refractivity contribution in [3.05, 3.63) is 33.8 Å². The summed E-state index contributed by atoms with van der Waals surface area (Å²) in [4.78, 5) is 35.0. The Bertz CT molecular complexity index is 811. The zero-order chi connectivity index (χ0) is 19.1. The maximum atomic E-state index is 12.6. The fourth-order valence-corrected chi connectivity index (χ4v) is 3.96. The molecule has 2 saturated heterocycles. The van der Waals surface area contributed by atoms with Crippen molar-refractivity contribution in [1.82, 2.24) is 25.3 Å². The quantitative estimate of drug-likeness (QED) is 0.758. The Kier molecular flexibility index (Phi) is 4.88. The second-order valence-corrected chi connectivity index (χ2v) is 7.62. The van der Waals surface area contributed by atoms with E-state index >= 15 is 0 Å². The summed E-state index contributed by atoms with van der Waals surface area (Å²) in [6.07, 6.45) is -0.543. The van der Waals surface area contributed by atoms with Crippen molar-refractivity contribution in [2.24, 2.45) is 4.99 Å². The molecule has 1 aromatic carbocycles. The van der Waals surface area contributed by atoms with Crippen LogP contribution in [0.25, 0.3) is 0 Å². The number of urea groups is 1. The fourth-order valence-electron chi connectivity index (χ4n) is 3.64. The topological polar surface area (TPSA) is 80.3 Å². The molecule has 4 rings (SSSR count). The molecule has 3 aliphatic rings. The summed E-state index contributed by atoms with van der Waals surface area (Å²) in [6, 6.07) is 4.41. The van der Waals surface area contributed by atoms with Gasteiger partial charge in [0.2, 0.25) is 0 Å². The van der Waals surface area contributed by atoms with Crippen LogP contribution >= 0.6 is 23.2 Å². The number of carbonyl (C=O) groups is 2. The van der Waals surface area contributed by atoms with Crippen LogP contribution in [0.3, 0.4) is 0 Å². The number of hydrogen-bond acceptors (Lipinski definition) is 6. The van der Waals surface area contributed by atoms with E-state index in [0.717, 1.165) is 37.7 Å². The molecule has 27 heavy (non-hydrogen) atoms. The van der Waals surface area contributed by atoms with E-state index < -0.39 is 18.2 Å². The van der Waals surface area contributed by atoms with Crippen LogP contribution in [0.5, 0.6) is 0 Å². The smallest absolute Gasteiger partial charge is 0.325 e. The van der Waals surface area contributed by atoms with Gasteiger partial charge in [-0.15, -0.1) is 0 Å². The average Bonchev–Trinajstić information content (AvgIpc) is 3.03. The molecule has 1 aromatic rings. The molecule has 0 saturated carbocycles. The molecular formula is C17H20Cl2N6O2. The Morgan fingerprint density at radius 2 is 1.93 bits per heavy atom. The minimum absolute atomic E-state index is 0.336. The molecule has 0 radical (unpaired) electrons. The molecule has 3 heterocycles. The van der Waals surface area contributed by atoms with Gasteiger partial charge >= 0.3 is 6.03 Å². The molecular weight excluding hydrogens is 391 g/mol. The number of hydrogen-bond donors (Lipinski definition) is 2. The molecule has 10 heteroatoms. The first-order chi connectivity index (χ1) is 13.0. The maximum absolute atomic E-state index is 12.6. The summed E-state index contributed by atoms with van der Waals surface area (Å²) < 4.78 is 0. The van der Waals surface area contributed by atoms with Crippen molar-refractivity contribution in [1.29, 1.82) is 0 Å². The Hall–Kier alpha value is -2.03. The van der Waals surface area contributed by atoms with Crippen molar-refractivity contribution in [3.8, 4) is 0 Å². The third-order valence-electron chi connectivity index (χ3n) is 5.08. The molecule has 2 unspecified atom stereocenters. The van der Waals surface area contributed by atoms with E-state index in [0.29, 0.717) is 16.6 Å². The highest BCUT2D eigenvalue weighted by atomic mass is 35.5. The third-order valence-corrected chi connectivity index (χ3v) is 5.81. The maximum Gasteiger partial charge on any atom is 0.325 e. The summed E-state index contributed by atoms with van der Waals surface area (Å²) in [6.45, 7) is 3.70. The lowest BCUT2D eigenvalue weighted by atomic mass is 10.1. The van der Waals surface area contributed by atoms with E-state index in [1.165, 1.54) is 4.90 Å². The number of carbonyl (C=O) groups excluding carboxylic acids is 2. The lowest BCUT2D eigenvalue weighted by molar-refractivity contribution is -0.127. The number of imide groups is 1. The first-order valence-electron chi connectivity index (χ1n) is 8.77. The molecule has 0 spiro atoms. The lowest BCUT2D eigenvalue weighted by Gasteiger charge is -2.38. The van der Waals surface area contributed by atoms with Gasteiger partial charge in [-0.3, -0.25) is 10.1 Å². The van der Waals surface area contributed by atoms with Crippen molar-refractivity contribution in [2.75, 3.05) is 33.2 Å². The van der Waals surface area contributed by atoms with Gasteiger partial charge in [-0.1, -0.05) is 29.3 Å². The number of nitrogens with zero attached hydrogens (tertiary/aromatic N) is 4. The van der Waals surface area contributed by atoms with Crippen LogP contribution in [0.4, 0.5) is 4.79 Å². The Morgan fingerprint density at radius 1 is 1.19 bits per heavy atom. The summed E-state index contributed by atoms with van der Waals surface area (Å²) in [5.74, 6) is 0.395. The molecule has 144 valence electrons. The van der Waals surface area contributed by atoms with Gasteiger partial charge in [-0.2, -0.15) is 0 Å². The van der Waals surface area contributed by atoms with E-state index in [4.69, 9.17) is 28.2 Å². The molecule has 0 aliphatic carbocycles. The van der Waals surface area contributed by atoms with Crippen molar-refractivity contribution in [3.63, 3.8) is 0 Å². The SMILES string of the molecule is CN1C(=O)NC(=O)C2C1N=C(N1CCNCC1)N2Cc1ccc(Cl)c(Cl)c1. The molecule has 2 atom stereocenters. The zero-order valence-corrected chi connectivity index (χ0v) is 16.3. The minimum Gasteiger partial charge on any atom is -0.340 e. The molecule has 0 aromatic heterocycles. The number of benzene rings is 1. The van der Waals surface area contributed by atoms with E-state index in [2.05, 4.69) is 15.5 Å². The number of fused-ring (bicyclic) bond motifs is 1. The normalized spacial score (nSPS) is 25.4. The predicted octanol–water partition coefficient (Wildman–Crippen LogP) is 0.947. The number of amides is 3. The van der Waals surface area contributed by atoms with Crippen LogP contribution in [0, 0.1) is 0 Å². The number of rotatable bonds is 2.